The van der Waals surface area contributed by atoms with Crippen LogP contribution in [0.5, 0.6) is 5.75 Å². The molecule has 0 bridgehead atoms. The lowest BCUT2D eigenvalue weighted by atomic mass is 9.70. The lowest BCUT2D eigenvalue weighted by Crippen LogP contribution is -2.49. The molecule has 3 aliphatic rings. The van der Waals surface area contributed by atoms with E-state index in [2.05, 4.69) is 17.0 Å². The van der Waals surface area contributed by atoms with Gasteiger partial charge in [0.05, 0.1) is 23.6 Å². The maximum absolute atomic E-state index is 13.1. The topological polar surface area (TPSA) is 98.9 Å². The number of fused-ring (bicyclic) bond motifs is 3. The van der Waals surface area contributed by atoms with Crippen molar-refractivity contribution in [2.45, 2.75) is 88.4 Å². The molecule has 0 saturated heterocycles. The van der Waals surface area contributed by atoms with Crippen LogP contribution in [0.3, 0.4) is 0 Å². The van der Waals surface area contributed by atoms with E-state index < -0.39 is 15.6 Å². The van der Waals surface area contributed by atoms with Gasteiger partial charge in [-0.15, -0.1) is 0 Å². The second kappa shape index (κ2) is 13.2. The first-order valence-corrected chi connectivity index (χ1v) is 18.6. The van der Waals surface area contributed by atoms with Crippen molar-refractivity contribution in [3.8, 4) is 5.75 Å². The van der Waals surface area contributed by atoms with Crippen LogP contribution in [0.4, 0.5) is 5.69 Å². The predicted molar refractivity (Wildman–Crippen MR) is 176 cm³/mol. The molecule has 7 nitrogen and oxygen atoms in total. The number of carbonyl (C=O) groups is 1. The number of esters is 1. The number of unbranched alkanes of at least 4 members (excludes halogenated alkanes) is 2. The van der Waals surface area contributed by atoms with Gasteiger partial charge in [0.25, 0.3) is 0 Å². The van der Waals surface area contributed by atoms with Crippen molar-refractivity contribution in [3.05, 3.63) is 58.1 Å². The van der Waals surface area contributed by atoms with Crippen molar-refractivity contribution in [1.82, 2.24) is 0 Å². The minimum atomic E-state index is -3.38. The van der Waals surface area contributed by atoms with Gasteiger partial charge in [0.1, 0.15) is 11.4 Å². The molecule has 1 fully saturated rings. The first-order chi connectivity index (χ1) is 20.3. The van der Waals surface area contributed by atoms with Crippen LogP contribution in [0.2, 0.25) is 5.02 Å². The van der Waals surface area contributed by atoms with Crippen LogP contribution in [0.25, 0.3) is 0 Å². The molecule has 5 rings (SSSR count). The number of nitrogens with two attached hydrogens (primary N) is 1. The minimum Gasteiger partial charge on any atom is -0.490 e. The lowest BCUT2D eigenvalue weighted by Gasteiger charge is -2.44. The zero-order valence-corrected chi connectivity index (χ0v) is 28.0. The third kappa shape index (κ3) is 8.21. The van der Waals surface area contributed by atoms with E-state index in [4.69, 9.17) is 26.2 Å². The fourth-order valence-electron chi connectivity index (χ4n) is 6.64. The molecule has 3 atom stereocenters. The largest absolute Gasteiger partial charge is 0.490 e. The van der Waals surface area contributed by atoms with Crippen LogP contribution < -0.4 is 14.8 Å². The molecule has 10 heteroatoms. The van der Waals surface area contributed by atoms with E-state index in [9.17, 15) is 13.2 Å². The van der Waals surface area contributed by atoms with Crippen molar-refractivity contribution in [2.75, 3.05) is 36.1 Å². The van der Waals surface area contributed by atoms with Gasteiger partial charge in [-0.2, -0.15) is 11.8 Å². The summed E-state index contributed by atoms with van der Waals surface area (Å²) >= 11 is 8.42. The Labute approximate surface area is 266 Å². The van der Waals surface area contributed by atoms with Crippen LogP contribution in [0.15, 0.2) is 36.4 Å². The quantitative estimate of drug-likeness (QED) is 0.225. The van der Waals surface area contributed by atoms with Gasteiger partial charge >= 0.3 is 5.97 Å². The SMILES string of the molecule is CC(C)(C)OC(=O)c1ccc2c(c1)N(C[C@@H]1CC[C@H]1SCCCCCS(N)(=O)=O)C[C@@]1(CCCc3cc(Cl)ccc31)CO2. The monoisotopic (exact) mass is 648 g/mol. The van der Waals surface area contributed by atoms with Gasteiger partial charge in [0.15, 0.2) is 0 Å². The van der Waals surface area contributed by atoms with Crippen LogP contribution >= 0.6 is 23.4 Å². The number of thioether (sulfide) groups is 1. The number of benzene rings is 2. The van der Waals surface area contributed by atoms with Crippen LogP contribution in [0.1, 0.15) is 87.2 Å². The fourth-order valence-corrected chi connectivity index (χ4v) is 8.92. The molecule has 2 aromatic rings. The number of hydrogen-bond donors (Lipinski definition) is 1. The number of aryl methyl sites for hydroxylation is 1. The Balaban J connectivity index is 1.36. The summed E-state index contributed by atoms with van der Waals surface area (Å²) in [6.45, 7) is 7.94. The molecule has 2 aromatic carbocycles. The van der Waals surface area contributed by atoms with Gasteiger partial charge in [0, 0.05) is 28.8 Å². The van der Waals surface area contributed by atoms with Gasteiger partial charge < -0.3 is 14.4 Å². The van der Waals surface area contributed by atoms with E-state index in [0.717, 1.165) is 67.4 Å². The minimum absolute atomic E-state index is 0.0581. The molecule has 43 heavy (non-hydrogen) atoms. The van der Waals surface area contributed by atoms with E-state index in [-0.39, 0.29) is 17.1 Å². The Morgan fingerprint density at radius 3 is 2.70 bits per heavy atom. The molecule has 1 aliphatic heterocycles. The Morgan fingerprint density at radius 1 is 1.16 bits per heavy atom. The molecule has 0 amide bonds. The Morgan fingerprint density at radius 2 is 1.98 bits per heavy atom. The number of nitrogens with zero attached hydrogens (tertiary/aromatic N) is 1. The van der Waals surface area contributed by atoms with Gasteiger partial charge in [-0.1, -0.05) is 24.1 Å². The standard InChI is InChI=1S/C33H45ClN2O5S2/c1-32(2,3)41-31(37)24-9-13-29-28(19-24)36(20-25-10-14-30(25)42-16-5-4-6-17-43(35,38)39)21-33(22-40-29)15-7-8-23-18-26(34)11-12-27(23)33/h9,11-13,18-19,25,30H,4-8,10,14-17,20-22H2,1-3H3,(H2,35,38,39)/t25-,30+,33-/m0/s1. The average Bonchev–Trinajstić information content (AvgIpc) is 3.06. The number of carbonyl (C=O) groups excluding carboxylic acids is 1. The highest BCUT2D eigenvalue weighted by atomic mass is 35.5. The zero-order chi connectivity index (χ0) is 30.8. The first kappa shape index (κ1) is 32.5. The highest BCUT2D eigenvalue weighted by Gasteiger charge is 2.43. The maximum Gasteiger partial charge on any atom is 0.338 e. The summed E-state index contributed by atoms with van der Waals surface area (Å²) in [6.07, 6.45) is 7.97. The molecule has 1 saturated carbocycles. The molecule has 236 valence electrons. The Kier molecular flexibility index (Phi) is 9.96. The summed E-state index contributed by atoms with van der Waals surface area (Å²) in [7, 11) is -3.38. The van der Waals surface area contributed by atoms with Crippen molar-refractivity contribution in [1.29, 1.82) is 0 Å². The van der Waals surface area contributed by atoms with E-state index in [1.54, 1.807) is 0 Å². The van der Waals surface area contributed by atoms with E-state index in [1.807, 2.05) is 56.8 Å². The van der Waals surface area contributed by atoms with E-state index >= 15 is 0 Å². The highest BCUT2D eigenvalue weighted by Crippen LogP contribution is 2.46. The maximum atomic E-state index is 13.1. The van der Waals surface area contributed by atoms with Crippen molar-refractivity contribution in [3.63, 3.8) is 0 Å². The molecule has 0 aromatic heterocycles. The average molecular weight is 649 g/mol. The molecular weight excluding hydrogens is 604 g/mol. The second-order valence-electron chi connectivity index (χ2n) is 13.5. The molecule has 0 unspecified atom stereocenters. The number of hydrogen-bond acceptors (Lipinski definition) is 7. The third-order valence-corrected chi connectivity index (χ3v) is 11.5. The smallest absolute Gasteiger partial charge is 0.338 e. The number of sulfonamides is 1. The fraction of sp³-hybridized carbons (Fsp3) is 0.606. The van der Waals surface area contributed by atoms with Crippen molar-refractivity contribution in [2.24, 2.45) is 11.1 Å². The summed E-state index contributed by atoms with van der Waals surface area (Å²) in [5.41, 5.74) is 3.38. The normalized spacial score (nSPS) is 23.5. The third-order valence-electron chi connectivity index (χ3n) is 8.88. The molecule has 2 N–H and O–H groups in total. The molecular formula is C33H45ClN2O5S2. The summed E-state index contributed by atoms with van der Waals surface area (Å²) in [6, 6.07) is 12.0. The summed E-state index contributed by atoms with van der Waals surface area (Å²) < 4.78 is 34.7. The summed E-state index contributed by atoms with van der Waals surface area (Å²) in [5, 5.41) is 6.47. The van der Waals surface area contributed by atoms with Gasteiger partial charge in [0.2, 0.25) is 10.0 Å². The number of ether oxygens (including phenoxy) is 2. The number of rotatable bonds is 10. The molecule has 1 heterocycles. The Bertz CT molecular complexity index is 1430. The number of halogens is 1. The van der Waals surface area contributed by atoms with Gasteiger partial charge in [-0.25, -0.2) is 18.4 Å². The molecule has 2 aliphatic carbocycles. The first-order valence-electron chi connectivity index (χ1n) is 15.5. The van der Waals surface area contributed by atoms with Gasteiger partial charge in [-0.3, -0.25) is 0 Å². The van der Waals surface area contributed by atoms with E-state index in [1.165, 1.54) is 24.0 Å². The zero-order valence-electron chi connectivity index (χ0n) is 25.6. The number of primary sulfonamides is 1. The predicted octanol–water partition coefficient (Wildman–Crippen LogP) is 6.74. The second-order valence-corrected chi connectivity index (χ2v) is 17.0. The number of anilines is 1. The summed E-state index contributed by atoms with van der Waals surface area (Å²) in [5.74, 6) is 2.08. The van der Waals surface area contributed by atoms with Crippen LogP contribution in [0, 0.1) is 5.92 Å². The van der Waals surface area contributed by atoms with Crippen molar-refractivity contribution >= 4 is 45.0 Å². The summed E-state index contributed by atoms with van der Waals surface area (Å²) in [4.78, 5) is 15.6. The Hall–Kier alpha value is -1.94. The lowest BCUT2D eigenvalue weighted by molar-refractivity contribution is 0.00695. The highest BCUT2D eigenvalue weighted by molar-refractivity contribution is 7.99. The van der Waals surface area contributed by atoms with Crippen molar-refractivity contribution < 1.29 is 22.7 Å². The van der Waals surface area contributed by atoms with Crippen LogP contribution in [-0.2, 0) is 26.6 Å². The van der Waals surface area contributed by atoms with E-state index in [0.29, 0.717) is 29.8 Å². The molecule has 1 spiro atoms. The van der Waals surface area contributed by atoms with Crippen LogP contribution in [-0.4, -0.2) is 56.4 Å². The molecule has 0 radical (unpaired) electrons. The van der Waals surface area contributed by atoms with Gasteiger partial charge in [-0.05, 0) is 119 Å².